The molecule has 3 rings (SSSR count). The summed E-state index contributed by atoms with van der Waals surface area (Å²) in [7, 11) is -4.13. The molecule has 1 N–H and O–H groups in total. The summed E-state index contributed by atoms with van der Waals surface area (Å²) in [5.41, 5.74) is 2.87. The summed E-state index contributed by atoms with van der Waals surface area (Å²) in [6.45, 7) is 8.93. The van der Waals surface area contributed by atoms with Gasteiger partial charge in [-0.25, -0.2) is 8.42 Å². The number of nitrogens with one attached hydrogen (secondary N) is 1. The van der Waals surface area contributed by atoms with Crippen LogP contribution in [0.4, 0.5) is 5.69 Å². The van der Waals surface area contributed by atoms with Gasteiger partial charge in [-0.15, -0.1) is 0 Å². The van der Waals surface area contributed by atoms with Gasteiger partial charge in [0.2, 0.25) is 11.8 Å². The Bertz CT molecular complexity index is 1410. The number of halogens is 1. The first-order chi connectivity index (χ1) is 18.9. The number of amides is 2. The van der Waals surface area contributed by atoms with Crippen LogP contribution in [0.3, 0.4) is 0 Å². The van der Waals surface area contributed by atoms with Gasteiger partial charge in [-0.2, -0.15) is 0 Å². The lowest BCUT2D eigenvalue weighted by molar-refractivity contribution is -0.139. The molecule has 0 fully saturated rings. The Morgan fingerprint density at radius 3 is 2.20 bits per heavy atom. The Morgan fingerprint density at radius 1 is 0.950 bits per heavy atom. The molecule has 3 aromatic carbocycles. The van der Waals surface area contributed by atoms with E-state index in [4.69, 9.17) is 11.6 Å². The maximum atomic E-state index is 14.0. The molecular formula is C31H38ClN3O4S. The molecule has 0 aliphatic rings. The fourth-order valence-electron chi connectivity index (χ4n) is 4.29. The molecule has 9 heteroatoms. The molecule has 0 bridgehead atoms. The Balaban J connectivity index is 2.01. The maximum Gasteiger partial charge on any atom is 0.264 e. The van der Waals surface area contributed by atoms with Crippen molar-refractivity contribution >= 4 is 39.1 Å². The summed E-state index contributed by atoms with van der Waals surface area (Å²) in [5, 5.41) is 3.40. The summed E-state index contributed by atoms with van der Waals surface area (Å²) < 4.78 is 29.0. The van der Waals surface area contributed by atoms with Crippen LogP contribution in [0.5, 0.6) is 0 Å². The molecule has 0 aliphatic heterocycles. The predicted octanol–water partition coefficient (Wildman–Crippen LogP) is 5.53. The molecule has 0 unspecified atom stereocenters. The summed E-state index contributed by atoms with van der Waals surface area (Å²) in [6, 6.07) is 20.2. The Kier molecular flexibility index (Phi) is 10.8. The molecule has 0 aliphatic carbocycles. The number of hydrogen-bond donors (Lipinski definition) is 1. The highest BCUT2D eigenvalue weighted by molar-refractivity contribution is 7.92. The Morgan fingerprint density at radius 2 is 1.60 bits per heavy atom. The predicted molar refractivity (Wildman–Crippen MR) is 161 cm³/mol. The first-order valence-electron chi connectivity index (χ1n) is 13.4. The van der Waals surface area contributed by atoms with Gasteiger partial charge in [0.05, 0.1) is 10.6 Å². The third-order valence-electron chi connectivity index (χ3n) is 6.97. The van der Waals surface area contributed by atoms with Crippen LogP contribution in [0.25, 0.3) is 0 Å². The third-order valence-corrected chi connectivity index (χ3v) is 8.98. The van der Waals surface area contributed by atoms with Crippen LogP contribution in [0.1, 0.15) is 43.9 Å². The number of carbonyl (C=O) groups excluding carboxylic acids is 2. The second kappa shape index (κ2) is 13.8. The third kappa shape index (κ3) is 7.86. The highest BCUT2D eigenvalue weighted by Crippen LogP contribution is 2.29. The minimum atomic E-state index is -4.13. The first kappa shape index (κ1) is 31.2. The molecule has 7 nitrogen and oxygen atoms in total. The molecule has 2 amide bonds. The van der Waals surface area contributed by atoms with Gasteiger partial charge in [0.1, 0.15) is 12.6 Å². The molecule has 2 atom stereocenters. The standard InChI is InChI=1S/C31H38ClN3O4S/c1-6-24(4)33-31(37)25(5)34(19-18-26-10-8-7-9-11-26)30(36)21-35(29-17-14-27(32)20-23(29)3)40(38,39)28-15-12-22(2)13-16-28/h7-17,20,24-25H,6,18-19,21H2,1-5H3,(H,33,37)/t24-,25-/m0/s1. The Hall–Kier alpha value is -3.36. The largest absolute Gasteiger partial charge is 0.352 e. The molecule has 0 aromatic heterocycles. The van der Waals surface area contributed by atoms with E-state index in [1.54, 1.807) is 44.2 Å². The zero-order valence-corrected chi connectivity index (χ0v) is 25.3. The molecule has 0 spiro atoms. The van der Waals surface area contributed by atoms with E-state index in [1.165, 1.54) is 17.0 Å². The van der Waals surface area contributed by atoms with E-state index >= 15 is 0 Å². The summed E-state index contributed by atoms with van der Waals surface area (Å²) in [4.78, 5) is 28.6. The molecule has 40 heavy (non-hydrogen) atoms. The molecule has 0 saturated heterocycles. The molecule has 3 aromatic rings. The van der Waals surface area contributed by atoms with Crippen molar-refractivity contribution in [3.8, 4) is 0 Å². The number of aryl methyl sites for hydroxylation is 2. The van der Waals surface area contributed by atoms with Crippen molar-refractivity contribution in [2.45, 2.75) is 64.4 Å². The van der Waals surface area contributed by atoms with E-state index in [-0.39, 0.29) is 23.4 Å². The highest BCUT2D eigenvalue weighted by atomic mass is 35.5. The van der Waals surface area contributed by atoms with E-state index in [9.17, 15) is 18.0 Å². The Labute approximate surface area is 243 Å². The van der Waals surface area contributed by atoms with Crippen molar-refractivity contribution in [1.29, 1.82) is 0 Å². The lowest BCUT2D eigenvalue weighted by Crippen LogP contribution is -2.53. The number of rotatable bonds is 12. The van der Waals surface area contributed by atoms with E-state index in [0.717, 1.165) is 21.9 Å². The number of hydrogen-bond acceptors (Lipinski definition) is 4. The van der Waals surface area contributed by atoms with Crippen LogP contribution < -0.4 is 9.62 Å². The number of benzene rings is 3. The van der Waals surface area contributed by atoms with Crippen LogP contribution in [0.2, 0.25) is 5.02 Å². The number of anilines is 1. The van der Waals surface area contributed by atoms with Gasteiger partial charge in [0, 0.05) is 17.6 Å². The van der Waals surface area contributed by atoms with Gasteiger partial charge >= 0.3 is 0 Å². The zero-order valence-electron chi connectivity index (χ0n) is 23.7. The molecule has 0 saturated carbocycles. The van der Waals surface area contributed by atoms with Crippen LogP contribution in [0.15, 0.2) is 77.7 Å². The first-order valence-corrected chi connectivity index (χ1v) is 15.2. The molecule has 0 radical (unpaired) electrons. The lowest BCUT2D eigenvalue weighted by Gasteiger charge is -2.33. The number of sulfonamides is 1. The SMILES string of the molecule is CC[C@H](C)NC(=O)[C@H](C)N(CCc1ccccc1)C(=O)CN(c1ccc(Cl)cc1C)S(=O)(=O)c1ccc(C)cc1. The summed E-state index contributed by atoms with van der Waals surface area (Å²) in [5.74, 6) is -0.765. The smallest absolute Gasteiger partial charge is 0.264 e. The summed E-state index contributed by atoms with van der Waals surface area (Å²) in [6.07, 6.45) is 1.26. The van der Waals surface area contributed by atoms with Crippen molar-refractivity contribution in [2.24, 2.45) is 0 Å². The van der Waals surface area contributed by atoms with Crippen molar-refractivity contribution in [1.82, 2.24) is 10.2 Å². The lowest BCUT2D eigenvalue weighted by atomic mass is 10.1. The van der Waals surface area contributed by atoms with Crippen LogP contribution >= 0.6 is 11.6 Å². The van der Waals surface area contributed by atoms with E-state index in [2.05, 4.69) is 5.32 Å². The van der Waals surface area contributed by atoms with Crippen molar-refractivity contribution < 1.29 is 18.0 Å². The van der Waals surface area contributed by atoms with Gasteiger partial charge in [0.25, 0.3) is 10.0 Å². The molecule has 214 valence electrons. The van der Waals surface area contributed by atoms with Crippen LogP contribution in [0, 0.1) is 13.8 Å². The number of nitrogens with zero attached hydrogens (tertiary/aromatic N) is 2. The summed E-state index contributed by atoms with van der Waals surface area (Å²) >= 11 is 6.17. The van der Waals surface area contributed by atoms with Crippen molar-refractivity contribution in [3.63, 3.8) is 0 Å². The molecular weight excluding hydrogens is 546 g/mol. The van der Waals surface area contributed by atoms with Gasteiger partial charge in [-0.05, 0) is 82.0 Å². The van der Waals surface area contributed by atoms with Gasteiger partial charge in [-0.3, -0.25) is 13.9 Å². The normalized spacial score (nSPS) is 12.8. The quantitative estimate of drug-likeness (QED) is 0.304. The van der Waals surface area contributed by atoms with E-state index in [1.807, 2.05) is 51.1 Å². The second-order valence-electron chi connectivity index (χ2n) is 10.1. The second-order valence-corrected chi connectivity index (χ2v) is 12.4. The zero-order chi connectivity index (χ0) is 29.4. The molecule has 0 heterocycles. The monoisotopic (exact) mass is 583 g/mol. The van der Waals surface area contributed by atoms with Crippen LogP contribution in [-0.2, 0) is 26.0 Å². The highest BCUT2D eigenvalue weighted by Gasteiger charge is 2.33. The number of carbonyl (C=O) groups is 2. The average molecular weight is 584 g/mol. The van der Waals surface area contributed by atoms with Crippen molar-refractivity contribution in [3.05, 3.63) is 94.5 Å². The average Bonchev–Trinajstić information content (AvgIpc) is 2.92. The minimum absolute atomic E-state index is 0.0591. The van der Waals surface area contributed by atoms with Crippen molar-refractivity contribution in [2.75, 3.05) is 17.4 Å². The van der Waals surface area contributed by atoms with E-state index in [0.29, 0.717) is 22.7 Å². The fourth-order valence-corrected chi connectivity index (χ4v) is 5.99. The topological polar surface area (TPSA) is 86.8 Å². The minimum Gasteiger partial charge on any atom is -0.352 e. The van der Waals surface area contributed by atoms with E-state index < -0.39 is 28.5 Å². The van der Waals surface area contributed by atoms with Gasteiger partial charge < -0.3 is 10.2 Å². The maximum absolute atomic E-state index is 14.0. The van der Waals surface area contributed by atoms with Gasteiger partial charge in [-0.1, -0.05) is 66.6 Å². The van der Waals surface area contributed by atoms with Crippen LogP contribution in [-0.4, -0.2) is 50.3 Å². The van der Waals surface area contributed by atoms with Gasteiger partial charge in [0.15, 0.2) is 0 Å². The fraction of sp³-hybridized carbons (Fsp3) is 0.355.